The van der Waals surface area contributed by atoms with Gasteiger partial charge in [-0.25, -0.2) is 4.98 Å². The van der Waals surface area contributed by atoms with Crippen molar-refractivity contribution in [1.82, 2.24) is 4.98 Å². The Labute approximate surface area is 177 Å². The second kappa shape index (κ2) is 9.55. The summed E-state index contributed by atoms with van der Waals surface area (Å²) in [7, 11) is 0. The topological polar surface area (TPSA) is 68.7 Å². The van der Waals surface area contributed by atoms with Crippen LogP contribution in [0.1, 0.15) is 41.9 Å². The average molecular weight is 405 g/mol. The standard InChI is InChI=1S/C25H27NO4/c1-18-23(11-12-24(26-18)29-14-13-25(2,3)28)21-6-4-5-20(15-21)17-30-22-9-7-19(16-27)8-10-22/h4-12,15-16,28H,13-14,17H2,1-3H3. The first-order valence-electron chi connectivity index (χ1n) is 9.94. The Morgan fingerprint density at radius 3 is 2.47 bits per heavy atom. The van der Waals surface area contributed by atoms with Crippen LogP contribution < -0.4 is 9.47 Å². The van der Waals surface area contributed by atoms with Gasteiger partial charge in [0.1, 0.15) is 18.6 Å². The fourth-order valence-corrected chi connectivity index (χ4v) is 2.97. The number of hydrogen-bond donors (Lipinski definition) is 1. The highest BCUT2D eigenvalue weighted by atomic mass is 16.5. The lowest BCUT2D eigenvalue weighted by Crippen LogP contribution is -2.22. The van der Waals surface area contributed by atoms with E-state index in [1.54, 1.807) is 38.1 Å². The fourth-order valence-electron chi connectivity index (χ4n) is 2.97. The van der Waals surface area contributed by atoms with Crippen LogP contribution in [0.15, 0.2) is 60.7 Å². The van der Waals surface area contributed by atoms with Crippen molar-refractivity contribution in [2.24, 2.45) is 0 Å². The highest BCUT2D eigenvalue weighted by Crippen LogP contribution is 2.26. The van der Waals surface area contributed by atoms with Crippen LogP contribution in [0.4, 0.5) is 0 Å². The summed E-state index contributed by atoms with van der Waals surface area (Å²) in [5.74, 6) is 1.27. The molecule has 0 radical (unpaired) electrons. The quantitative estimate of drug-likeness (QED) is 0.508. The number of benzene rings is 2. The van der Waals surface area contributed by atoms with Gasteiger partial charge in [0.25, 0.3) is 0 Å². The molecule has 0 aliphatic rings. The smallest absolute Gasteiger partial charge is 0.213 e. The Morgan fingerprint density at radius 1 is 1.03 bits per heavy atom. The third-order valence-corrected chi connectivity index (χ3v) is 4.68. The van der Waals surface area contributed by atoms with E-state index < -0.39 is 5.60 Å². The number of aromatic nitrogens is 1. The van der Waals surface area contributed by atoms with Gasteiger partial charge in [-0.05, 0) is 68.3 Å². The maximum Gasteiger partial charge on any atom is 0.213 e. The number of aldehydes is 1. The summed E-state index contributed by atoms with van der Waals surface area (Å²) in [6, 6.07) is 19.0. The highest BCUT2D eigenvalue weighted by molar-refractivity contribution is 5.74. The Morgan fingerprint density at radius 2 is 1.80 bits per heavy atom. The maximum atomic E-state index is 10.7. The van der Waals surface area contributed by atoms with Crippen molar-refractivity contribution in [3.8, 4) is 22.8 Å². The molecule has 0 saturated carbocycles. The summed E-state index contributed by atoms with van der Waals surface area (Å²) in [5.41, 5.74) is 3.87. The van der Waals surface area contributed by atoms with Crippen LogP contribution in [-0.4, -0.2) is 28.6 Å². The molecule has 3 rings (SSSR count). The van der Waals surface area contributed by atoms with Crippen molar-refractivity contribution in [1.29, 1.82) is 0 Å². The number of aryl methyl sites for hydroxylation is 1. The van der Waals surface area contributed by atoms with E-state index >= 15 is 0 Å². The molecular weight excluding hydrogens is 378 g/mol. The highest BCUT2D eigenvalue weighted by Gasteiger charge is 2.13. The minimum atomic E-state index is -0.756. The fraction of sp³-hybridized carbons (Fsp3) is 0.280. The van der Waals surface area contributed by atoms with E-state index in [0.29, 0.717) is 31.1 Å². The molecule has 0 spiro atoms. The van der Waals surface area contributed by atoms with Gasteiger partial charge in [-0.1, -0.05) is 18.2 Å². The van der Waals surface area contributed by atoms with Crippen molar-refractivity contribution in [2.45, 2.75) is 39.4 Å². The van der Waals surface area contributed by atoms with E-state index in [1.165, 1.54) is 0 Å². The molecule has 0 atom stereocenters. The Bertz CT molecular complexity index is 991. The monoisotopic (exact) mass is 405 g/mol. The molecule has 2 aromatic carbocycles. The Kier molecular flexibility index (Phi) is 6.85. The SMILES string of the molecule is Cc1nc(OCCC(C)(C)O)ccc1-c1cccc(COc2ccc(C=O)cc2)c1. The van der Waals surface area contributed by atoms with Crippen LogP contribution in [-0.2, 0) is 6.61 Å². The molecule has 1 N–H and O–H groups in total. The number of ether oxygens (including phenoxy) is 2. The van der Waals surface area contributed by atoms with Gasteiger partial charge < -0.3 is 14.6 Å². The minimum absolute atomic E-state index is 0.413. The van der Waals surface area contributed by atoms with Gasteiger partial charge in [0.05, 0.1) is 12.2 Å². The lowest BCUT2D eigenvalue weighted by atomic mass is 10.0. The molecule has 3 aromatic rings. The number of aliphatic hydroxyl groups is 1. The first kappa shape index (κ1) is 21.5. The number of nitrogens with zero attached hydrogens (tertiary/aromatic N) is 1. The molecule has 5 nitrogen and oxygen atoms in total. The second-order valence-electron chi connectivity index (χ2n) is 7.87. The molecule has 0 fully saturated rings. The summed E-state index contributed by atoms with van der Waals surface area (Å²) >= 11 is 0. The van der Waals surface area contributed by atoms with Gasteiger partial charge >= 0.3 is 0 Å². The number of rotatable bonds is 9. The lowest BCUT2D eigenvalue weighted by molar-refractivity contribution is 0.0546. The number of carbonyl (C=O) groups excluding carboxylic acids is 1. The van der Waals surface area contributed by atoms with Crippen molar-refractivity contribution in [3.63, 3.8) is 0 Å². The summed E-state index contributed by atoms with van der Waals surface area (Å²) in [6.07, 6.45) is 1.35. The zero-order chi connectivity index (χ0) is 21.6. The van der Waals surface area contributed by atoms with E-state index in [4.69, 9.17) is 9.47 Å². The molecule has 0 saturated heterocycles. The van der Waals surface area contributed by atoms with E-state index in [0.717, 1.165) is 34.4 Å². The van der Waals surface area contributed by atoms with Gasteiger partial charge in [0.15, 0.2) is 0 Å². The average Bonchev–Trinajstić information content (AvgIpc) is 2.72. The molecule has 0 aliphatic carbocycles. The van der Waals surface area contributed by atoms with Crippen LogP contribution in [0.2, 0.25) is 0 Å². The molecule has 1 heterocycles. The Hall–Kier alpha value is -3.18. The molecule has 5 heteroatoms. The zero-order valence-corrected chi connectivity index (χ0v) is 17.6. The minimum Gasteiger partial charge on any atom is -0.489 e. The van der Waals surface area contributed by atoms with Gasteiger partial charge in [-0.15, -0.1) is 0 Å². The summed E-state index contributed by atoms with van der Waals surface area (Å²) < 4.78 is 11.5. The summed E-state index contributed by atoms with van der Waals surface area (Å²) in [5, 5.41) is 9.78. The third-order valence-electron chi connectivity index (χ3n) is 4.68. The second-order valence-corrected chi connectivity index (χ2v) is 7.87. The lowest BCUT2D eigenvalue weighted by Gasteiger charge is -2.17. The van der Waals surface area contributed by atoms with Gasteiger partial charge in [0.2, 0.25) is 5.88 Å². The van der Waals surface area contributed by atoms with E-state index in [9.17, 15) is 9.90 Å². The van der Waals surface area contributed by atoms with Crippen LogP contribution in [0, 0.1) is 6.92 Å². The summed E-state index contributed by atoms with van der Waals surface area (Å²) in [6.45, 7) is 6.31. The molecule has 0 amide bonds. The Balaban J connectivity index is 1.66. The van der Waals surface area contributed by atoms with Crippen LogP contribution in [0.5, 0.6) is 11.6 Å². The van der Waals surface area contributed by atoms with Crippen molar-refractivity contribution >= 4 is 6.29 Å². The van der Waals surface area contributed by atoms with Gasteiger partial charge in [-0.3, -0.25) is 4.79 Å². The summed E-state index contributed by atoms with van der Waals surface area (Å²) in [4.78, 5) is 15.3. The molecule has 0 unspecified atom stereocenters. The molecule has 156 valence electrons. The number of carbonyl (C=O) groups is 1. The third kappa shape index (κ3) is 6.16. The van der Waals surface area contributed by atoms with Gasteiger partial charge in [-0.2, -0.15) is 0 Å². The molecule has 0 bridgehead atoms. The number of pyridine rings is 1. The predicted molar refractivity (Wildman–Crippen MR) is 117 cm³/mol. The molecule has 1 aromatic heterocycles. The van der Waals surface area contributed by atoms with Crippen LogP contribution in [0.25, 0.3) is 11.1 Å². The molecular formula is C25H27NO4. The van der Waals surface area contributed by atoms with E-state index in [-0.39, 0.29) is 0 Å². The predicted octanol–water partition coefficient (Wildman–Crippen LogP) is 4.99. The first-order valence-corrected chi connectivity index (χ1v) is 9.94. The van der Waals surface area contributed by atoms with Crippen molar-refractivity contribution < 1.29 is 19.4 Å². The zero-order valence-electron chi connectivity index (χ0n) is 17.6. The van der Waals surface area contributed by atoms with Crippen LogP contribution >= 0.6 is 0 Å². The first-order chi connectivity index (χ1) is 14.3. The van der Waals surface area contributed by atoms with E-state index in [1.807, 2.05) is 37.3 Å². The van der Waals surface area contributed by atoms with Gasteiger partial charge in [0, 0.05) is 29.3 Å². The van der Waals surface area contributed by atoms with E-state index in [2.05, 4.69) is 11.1 Å². The van der Waals surface area contributed by atoms with Crippen molar-refractivity contribution in [3.05, 3.63) is 77.5 Å². The van der Waals surface area contributed by atoms with Crippen molar-refractivity contribution in [2.75, 3.05) is 6.61 Å². The largest absolute Gasteiger partial charge is 0.489 e. The number of hydrogen-bond acceptors (Lipinski definition) is 5. The molecule has 0 aliphatic heterocycles. The maximum absolute atomic E-state index is 10.7. The molecule has 30 heavy (non-hydrogen) atoms. The van der Waals surface area contributed by atoms with Crippen LogP contribution in [0.3, 0.4) is 0 Å². The normalized spacial score (nSPS) is 11.2.